The number of benzene rings is 1. The lowest BCUT2D eigenvalue weighted by atomic mass is 10.2. The van der Waals surface area contributed by atoms with Gasteiger partial charge < -0.3 is 15.6 Å². The lowest BCUT2D eigenvalue weighted by Crippen LogP contribution is -2.00. The van der Waals surface area contributed by atoms with E-state index in [0.29, 0.717) is 18.1 Å². The van der Waals surface area contributed by atoms with Crippen LogP contribution in [0.25, 0.3) is 0 Å². The molecule has 1 aromatic carbocycles. The summed E-state index contributed by atoms with van der Waals surface area (Å²) in [5.41, 5.74) is 6.99. The van der Waals surface area contributed by atoms with Crippen LogP contribution in [0.4, 0.5) is 5.82 Å². The summed E-state index contributed by atoms with van der Waals surface area (Å²) < 4.78 is 5.51. The molecule has 0 aliphatic rings. The monoisotopic (exact) mass is 231 g/mol. The Labute approximate surface area is 98.9 Å². The van der Waals surface area contributed by atoms with E-state index in [1.165, 1.54) is 6.20 Å². The minimum absolute atomic E-state index is 0.0315. The summed E-state index contributed by atoms with van der Waals surface area (Å²) in [6, 6.07) is 7.22. The Kier molecular flexibility index (Phi) is 3.52. The van der Waals surface area contributed by atoms with Crippen LogP contribution in [-0.2, 0) is 13.2 Å². The maximum atomic E-state index is 8.89. The molecule has 2 aromatic rings. The van der Waals surface area contributed by atoms with Crippen LogP contribution in [0.2, 0.25) is 0 Å². The summed E-state index contributed by atoms with van der Waals surface area (Å²) in [7, 11) is 0. The fourth-order valence-corrected chi connectivity index (χ4v) is 1.29. The molecular formula is C12H13N3O2. The third kappa shape index (κ3) is 3.15. The molecule has 1 aromatic heterocycles. The Hall–Kier alpha value is -2.14. The van der Waals surface area contributed by atoms with Gasteiger partial charge in [0.2, 0.25) is 0 Å². The van der Waals surface area contributed by atoms with E-state index in [9.17, 15) is 0 Å². The molecule has 0 aliphatic heterocycles. The van der Waals surface area contributed by atoms with Crippen molar-refractivity contribution in [2.24, 2.45) is 0 Å². The highest BCUT2D eigenvalue weighted by Gasteiger charge is 1.98. The number of aliphatic hydroxyl groups excluding tert-OH is 1. The lowest BCUT2D eigenvalue weighted by Gasteiger charge is -2.06. The van der Waals surface area contributed by atoms with E-state index in [1.54, 1.807) is 18.3 Å². The molecule has 0 bridgehead atoms. The molecule has 0 atom stereocenters. The highest BCUT2D eigenvalue weighted by atomic mass is 16.5. The Morgan fingerprint density at radius 1 is 1.12 bits per heavy atom. The van der Waals surface area contributed by atoms with Crippen LogP contribution in [-0.4, -0.2) is 15.1 Å². The standard InChI is InChI=1S/C12H13N3O2/c13-12-6-14-10(5-15-12)8-17-11-3-1-9(7-16)2-4-11/h1-6,16H,7-8H2,(H2,13,15). The van der Waals surface area contributed by atoms with Gasteiger partial charge in [-0.3, -0.25) is 4.98 Å². The molecule has 5 nitrogen and oxygen atoms in total. The molecule has 0 unspecified atom stereocenters. The quantitative estimate of drug-likeness (QED) is 0.824. The molecule has 0 spiro atoms. The minimum Gasteiger partial charge on any atom is -0.487 e. The zero-order valence-corrected chi connectivity index (χ0v) is 9.21. The van der Waals surface area contributed by atoms with Crippen LogP contribution in [0.15, 0.2) is 36.7 Å². The topological polar surface area (TPSA) is 81.3 Å². The van der Waals surface area contributed by atoms with Crippen molar-refractivity contribution in [3.63, 3.8) is 0 Å². The predicted octanol–water partition coefficient (Wildman–Crippen LogP) is 1.13. The van der Waals surface area contributed by atoms with E-state index in [2.05, 4.69) is 9.97 Å². The molecule has 0 fully saturated rings. The number of aliphatic hydroxyl groups is 1. The van der Waals surface area contributed by atoms with Gasteiger partial charge in [-0.1, -0.05) is 12.1 Å². The van der Waals surface area contributed by atoms with Crippen molar-refractivity contribution in [3.8, 4) is 5.75 Å². The highest BCUT2D eigenvalue weighted by molar-refractivity contribution is 5.27. The first-order chi connectivity index (χ1) is 8.28. The molecule has 88 valence electrons. The second-order valence-corrected chi connectivity index (χ2v) is 3.52. The van der Waals surface area contributed by atoms with Crippen LogP contribution >= 0.6 is 0 Å². The van der Waals surface area contributed by atoms with Gasteiger partial charge in [0.05, 0.1) is 24.7 Å². The number of anilines is 1. The molecule has 17 heavy (non-hydrogen) atoms. The summed E-state index contributed by atoms with van der Waals surface area (Å²) in [5.74, 6) is 1.11. The molecule has 1 heterocycles. The van der Waals surface area contributed by atoms with Crippen LogP contribution in [0.5, 0.6) is 5.75 Å². The third-order valence-corrected chi connectivity index (χ3v) is 2.22. The average molecular weight is 231 g/mol. The average Bonchev–Trinajstić information content (AvgIpc) is 2.39. The van der Waals surface area contributed by atoms with Crippen molar-refractivity contribution in [3.05, 3.63) is 47.9 Å². The highest BCUT2D eigenvalue weighted by Crippen LogP contribution is 2.13. The van der Waals surface area contributed by atoms with Crippen molar-refractivity contribution in [2.75, 3.05) is 5.73 Å². The number of nitrogens with two attached hydrogens (primary N) is 1. The molecule has 2 rings (SSSR count). The van der Waals surface area contributed by atoms with E-state index in [1.807, 2.05) is 12.1 Å². The van der Waals surface area contributed by atoms with Gasteiger partial charge in [-0.25, -0.2) is 4.98 Å². The predicted molar refractivity (Wildman–Crippen MR) is 63.1 cm³/mol. The van der Waals surface area contributed by atoms with E-state index in [0.717, 1.165) is 11.3 Å². The number of aromatic nitrogens is 2. The van der Waals surface area contributed by atoms with Crippen LogP contribution in [0.1, 0.15) is 11.3 Å². The summed E-state index contributed by atoms with van der Waals surface area (Å²) >= 11 is 0. The zero-order valence-electron chi connectivity index (χ0n) is 9.21. The van der Waals surface area contributed by atoms with E-state index in [-0.39, 0.29) is 6.61 Å². The summed E-state index contributed by atoms with van der Waals surface area (Å²) in [6.07, 6.45) is 3.07. The maximum Gasteiger partial charge on any atom is 0.141 e. The van der Waals surface area contributed by atoms with E-state index >= 15 is 0 Å². The van der Waals surface area contributed by atoms with E-state index < -0.39 is 0 Å². The van der Waals surface area contributed by atoms with Crippen LogP contribution in [0.3, 0.4) is 0 Å². The molecule has 0 radical (unpaired) electrons. The van der Waals surface area contributed by atoms with Crippen molar-refractivity contribution >= 4 is 5.82 Å². The van der Waals surface area contributed by atoms with Crippen LogP contribution in [0, 0.1) is 0 Å². The number of nitrogen functional groups attached to an aromatic ring is 1. The molecule has 0 amide bonds. The molecule has 5 heteroatoms. The minimum atomic E-state index is 0.0315. The molecule has 0 aliphatic carbocycles. The number of nitrogens with zero attached hydrogens (tertiary/aromatic N) is 2. The Morgan fingerprint density at radius 3 is 2.47 bits per heavy atom. The van der Waals surface area contributed by atoms with Crippen LogP contribution < -0.4 is 10.5 Å². The second kappa shape index (κ2) is 5.27. The summed E-state index contributed by atoms with van der Waals surface area (Å²) in [5, 5.41) is 8.89. The Morgan fingerprint density at radius 2 is 1.88 bits per heavy atom. The first-order valence-corrected chi connectivity index (χ1v) is 5.17. The van der Waals surface area contributed by atoms with Crippen molar-refractivity contribution in [2.45, 2.75) is 13.2 Å². The van der Waals surface area contributed by atoms with Gasteiger partial charge in [0.15, 0.2) is 0 Å². The van der Waals surface area contributed by atoms with Gasteiger partial charge in [0.25, 0.3) is 0 Å². The number of rotatable bonds is 4. The zero-order chi connectivity index (χ0) is 12.1. The van der Waals surface area contributed by atoms with Gasteiger partial charge in [0.1, 0.15) is 18.2 Å². The lowest BCUT2D eigenvalue weighted by molar-refractivity contribution is 0.280. The fraction of sp³-hybridized carbons (Fsp3) is 0.167. The van der Waals surface area contributed by atoms with Gasteiger partial charge in [-0.2, -0.15) is 0 Å². The molecule has 3 N–H and O–H groups in total. The van der Waals surface area contributed by atoms with Gasteiger partial charge >= 0.3 is 0 Å². The fourth-order valence-electron chi connectivity index (χ4n) is 1.29. The first kappa shape index (κ1) is 11.3. The SMILES string of the molecule is Nc1cnc(COc2ccc(CO)cc2)cn1. The second-order valence-electron chi connectivity index (χ2n) is 3.52. The largest absolute Gasteiger partial charge is 0.487 e. The smallest absolute Gasteiger partial charge is 0.141 e. The molecule has 0 saturated heterocycles. The van der Waals surface area contributed by atoms with Gasteiger partial charge in [-0.05, 0) is 17.7 Å². The molecule has 0 saturated carbocycles. The summed E-state index contributed by atoms with van der Waals surface area (Å²) in [6.45, 7) is 0.371. The van der Waals surface area contributed by atoms with Crippen molar-refractivity contribution in [1.82, 2.24) is 9.97 Å². The normalized spacial score (nSPS) is 10.2. The Balaban J connectivity index is 1.95. The first-order valence-electron chi connectivity index (χ1n) is 5.17. The number of hydrogen-bond donors (Lipinski definition) is 2. The van der Waals surface area contributed by atoms with Crippen molar-refractivity contribution in [1.29, 1.82) is 0 Å². The van der Waals surface area contributed by atoms with Gasteiger partial charge in [0, 0.05) is 0 Å². The Bertz CT molecular complexity index is 468. The summed E-state index contributed by atoms with van der Waals surface area (Å²) in [4.78, 5) is 8.00. The van der Waals surface area contributed by atoms with E-state index in [4.69, 9.17) is 15.6 Å². The van der Waals surface area contributed by atoms with Gasteiger partial charge in [-0.15, -0.1) is 0 Å². The van der Waals surface area contributed by atoms with Crippen molar-refractivity contribution < 1.29 is 9.84 Å². The number of hydrogen-bond acceptors (Lipinski definition) is 5. The number of ether oxygens (including phenoxy) is 1. The molecular weight excluding hydrogens is 218 g/mol. The third-order valence-electron chi connectivity index (χ3n) is 2.22. The maximum absolute atomic E-state index is 8.89.